The van der Waals surface area contributed by atoms with E-state index in [-0.39, 0.29) is 17.8 Å². The number of amides is 1. The van der Waals surface area contributed by atoms with E-state index in [1.165, 1.54) is 11.8 Å². The number of hydrogen-bond acceptors (Lipinski definition) is 5. The minimum atomic E-state index is -0.616. The van der Waals surface area contributed by atoms with Gasteiger partial charge in [-0.3, -0.25) is 9.69 Å². The number of ether oxygens (including phenoxy) is 1. The van der Waals surface area contributed by atoms with Gasteiger partial charge in [0.15, 0.2) is 5.17 Å². The molecule has 7 heteroatoms. The molecule has 0 N–H and O–H groups in total. The molecular formula is C22H19ClN2O3S. The fourth-order valence-corrected chi connectivity index (χ4v) is 4.68. The van der Waals surface area contributed by atoms with Crippen molar-refractivity contribution in [3.8, 4) is 0 Å². The van der Waals surface area contributed by atoms with Crippen LogP contribution < -0.4 is 0 Å². The highest BCUT2D eigenvalue weighted by Gasteiger charge is 2.46. The second kappa shape index (κ2) is 8.05. The van der Waals surface area contributed by atoms with Crippen LogP contribution in [0, 0.1) is 0 Å². The molecule has 0 aromatic heterocycles. The molecule has 0 saturated carbocycles. The molecule has 1 amide bonds. The van der Waals surface area contributed by atoms with Gasteiger partial charge in [-0.15, -0.1) is 0 Å². The van der Waals surface area contributed by atoms with E-state index >= 15 is 0 Å². The molecule has 0 spiro atoms. The van der Waals surface area contributed by atoms with Crippen LogP contribution in [-0.4, -0.2) is 27.2 Å². The lowest BCUT2D eigenvalue weighted by Gasteiger charge is -2.33. The number of fused-ring (bicyclic) bond motifs is 1. The Morgan fingerprint density at radius 1 is 1.21 bits per heavy atom. The summed E-state index contributed by atoms with van der Waals surface area (Å²) in [5, 5.41) is 0.876. The summed E-state index contributed by atoms with van der Waals surface area (Å²) < 4.78 is 5.59. The van der Waals surface area contributed by atoms with Gasteiger partial charge in [-0.1, -0.05) is 65.8 Å². The lowest BCUT2D eigenvalue weighted by Crippen LogP contribution is -2.40. The average Bonchev–Trinajstić information content (AvgIpc) is 2.99. The molecule has 2 aliphatic rings. The molecule has 5 nitrogen and oxygen atoms in total. The van der Waals surface area contributed by atoms with E-state index in [1.54, 1.807) is 24.0 Å². The molecule has 2 aromatic carbocycles. The molecule has 0 bridgehead atoms. The Kier molecular flexibility index (Phi) is 5.48. The van der Waals surface area contributed by atoms with Gasteiger partial charge in [-0.05, 0) is 37.1 Å². The van der Waals surface area contributed by atoms with Gasteiger partial charge in [0, 0.05) is 5.02 Å². The van der Waals surface area contributed by atoms with Crippen molar-refractivity contribution < 1.29 is 14.3 Å². The maximum atomic E-state index is 13.1. The van der Waals surface area contributed by atoms with Crippen molar-refractivity contribution in [2.45, 2.75) is 31.7 Å². The highest BCUT2D eigenvalue weighted by molar-refractivity contribution is 8.15. The smallest absolute Gasteiger partial charge is 0.338 e. The fraction of sp³-hybridized carbons (Fsp3) is 0.227. The summed E-state index contributed by atoms with van der Waals surface area (Å²) in [5.41, 5.74) is 2.54. The lowest BCUT2D eigenvalue weighted by molar-refractivity contribution is -0.141. The number of aliphatic imine (C=N–C) groups is 1. The largest absolute Gasteiger partial charge is 0.457 e. The van der Waals surface area contributed by atoms with Gasteiger partial charge in [0.25, 0.3) is 0 Å². The van der Waals surface area contributed by atoms with Crippen molar-refractivity contribution in [2.75, 3.05) is 0 Å². The Balaban J connectivity index is 1.72. The highest BCUT2D eigenvalue weighted by atomic mass is 35.5. The molecule has 2 aromatic rings. The van der Waals surface area contributed by atoms with E-state index in [0.29, 0.717) is 21.5 Å². The number of halogens is 1. The Morgan fingerprint density at radius 3 is 2.69 bits per heavy atom. The van der Waals surface area contributed by atoms with Crippen molar-refractivity contribution in [1.82, 2.24) is 4.90 Å². The molecule has 2 heterocycles. The molecule has 29 heavy (non-hydrogen) atoms. The quantitative estimate of drug-likeness (QED) is 0.663. The number of amidine groups is 1. The van der Waals surface area contributed by atoms with Crippen LogP contribution in [0.25, 0.3) is 0 Å². The topological polar surface area (TPSA) is 59.0 Å². The van der Waals surface area contributed by atoms with Crippen molar-refractivity contribution in [1.29, 1.82) is 0 Å². The van der Waals surface area contributed by atoms with Crippen molar-refractivity contribution in [3.05, 3.63) is 82.0 Å². The van der Waals surface area contributed by atoms with Gasteiger partial charge in [-0.2, -0.15) is 0 Å². The van der Waals surface area contributed by atoms with E-state index in [2.05, 4.69) is 4.99 Å². The zero-order chi connectivity index (χ0) is 20.5. The Bertz CT molecular complexity index is 1040. The standard InChI is InChI=1S/C22H19ClN2O3S/c1-13-18(21(27)28-12-15-7-4-3-5-8-15)19(16-9-6-10-17(23)11-16)25-20(26)14(2)29-22(25)24-13/h3-11,14,19H,12H2,1-2H3/t14-,19+/m0/s1. The van der Waals surface area contributed by atoms with E-state index in [0.717, 1.165) is 11.1 Å². The first-order valence-electron chi connectivity index (χ1n) is 9.21. The van der Waals surface area contributed by atoms with Gasteiger partial charge in [0.2, 0.25) is 5.91 Å². The van der Waals surface area contributed by atoms with E-state index in [1.807, 2.05) is 49.4 Å². The summed E-state index contributed by atoms with van der Waals surface area (Å²) in [6.07, 6.45) is 0. The number of thioether (sulfide) groups is 1. The fourth-order valence-electron chi connectivity index (χ4n) is 3.46. The van der Waals surface area contributed by atoms with Gasteiger partial charge in [0.05, 0.1) is 22.6 Å². The van der Waals surface area contributed by atoms with Gasteiger partial charge < -0.3 is 4.74 Å². The predicted octanol–water partition coefficient (Wildman–Crippen LogP) is 4.73. The normalized spacial score (nSPS) is 21.1. The molecule has 0 unspecified atom stereocenters. The van der Waals surface area contributed by atoms with Gasteiger partial charge >= 0.3 is 5.97 Å². The number of allylic oxidation sites excluding steroid dienone is 1. The molecule has 0 radical (unpaired) electrons. The zero-order valence-corrected chi connectivity index (χ0v) is 17.5. The minimum Gasteiger partial charge on any atom is -0.457 e. The number of benzene rings is 2. The molecular weight excluding hydrogens is 408 g/mol. The lowest BCUT2D eigenvalue weighted by atomic mass is 9.94. The summed E-state index contributed by atoms with van der Waals surface area (Å²) in [4.78, 5) is 32.1. The van der Waals surface area contributed by atoms with Crippen LogP contribution in [0.5, 0.6) is 0 Å². The van der Waals surface area contributed by atoms with Crippen LogP contribution in [-0.2, 0) is 20.9 Å². The van der Waals surface area contributed by atoms with Crippen LogP contribution in [0.2, 0.25) is 5.02 Å². The number of nitrogens with zero attached hydrogens (tertiary/aromatic N) is 2. The third-order valence-electron chi connectivity index (χ3n) is 4.86. The maximum absolute atomic E-state index is 13.1. The van der Waals surface area contributed by atoms with Crippen LogP contribution >= 0.6 is 23.4 Å². The molecule has 0 aliphatic carbocycles. The summed E-state index contributed by atoms with van der Waals surface area (Å²) in [6, 6.07) is 16.1. The number of hydrogen-bond donors (Lipinski definition) is 0. The minimum absolute atomic E-state index is 0.0837. The Hall–Kier alpha value is -2.57. The summed E-state index contributed by atoms with van der Waals surface area (Å²) in [5.74, 6) is -0.573. The SMILES string of the molecule is CC1=C(C(=O)OCc2ccccc2)[C@@H](c2cccc(Cl)c2)N2C(=O)[C@H](C)SC2=N1. The maximum Gasteiger partial charge on any atom is 0.338 e. The second-order valence-electron chi connectivity index (χ2n) is 6.88. The van der Waals surface area contributed by atoms with E-state index in [9.17, 15) is 9.59 Å². The third kappa shape index (κ3) is 3.82. The van der Waals surface area contributed by atoms with Crippen molar-refractivity contribution >= 4 is 40.4 Å². The van der Waals surface area contributed by atoms with Gasteiger partial charge in [-0.25, -0.2) is 9.79 Å². The number of rotatable bonds is 4. The third-order valence-corrected chi connectivity index (χ3v) is 6.14. The Labute approximate surface area is 178 Å². The summed E-state index contributed by atoms with van der Waals surface area (Å²) >= 11 is 7.60. The molecule has 2 atom stereocenters. The van der Waals surface area contributed by atoms with E-state index in [4.69, 9.17) is 16.3 Å². The zero-order valence-electron chi connectivity index (χ0n) is 16.0. The highest BCUT2D eigenvalue weighted by Crippen LogP contribution is 2.43. The van der Waals surface area contributed by atoms with Crippen molar-refractivity contribution in [2.24, 2.45) is 4.99 Å². The first-order valence-corrected chi connectivity index (χ1v) is 10.5. The average molecular weight is 427 g/mol. The van der Waals surface area contributed by atoms with Crippen LogP contribution in [0.15, 0.2) is 70.9 Å². The predicted molar refractivity (Wildman–Crippen MR) is 114 cm³/mol. The molecule has 1 fully saturated rings. The molecule has 148 valence electrons. The second-order valence-corrected chi connectivity index (χ2v) is 8.63. The van der Waals surface area contributed by atoms with Crippen LogP contribution in [0.4, 0.5) is 0 Å². The van der Waals surface area contributed by atoms with E-state index < -0.39 is 12.0 Å². The first-order chi connectivity index (χ1) is 14.0. The van der Waals surface area contributed by atoms with Gasteiger partial charge in [0.1, 0.15) is 6.61 Å². The molecule has 1 saturated heterocycles. The monoisotopic (exact) mass is 426 g/mol. The number of esters is 1. The molecule has 2 aliphatic heterocycles. The first kappa shape index (κ1) is 19.7. The summed E-state index contributed by atoms with van der Waals surface area (Å²) in [6.45, 7) is 3.76. The Morgan fingerprint density at radius 2 is 1.97 bits per heavy atom. The summed E-state index contributed by atoms with van der Waals surface area (Å²) in [7, 11) is 0. The number of carbonyl (C=O) groups is 2. The van der Waals surface area contributed by atoms with Crippen LogP contribution in [0.1, 0.15) is 31.0 Å². The van der Waals surface area contributed by atoms with Crippen LogP contribution in [0.3, 0.4) is 0 Å². The number of carbonyl (C=O) groups excluding carboxylic acids is 2. The molecule has 4 rings (SSSR count). The van der Waals surface area contributed by atoms with Crippen molar-refractivity contribution in [3.63, 3.8) is 0 Å².